The number of fused-ring (bicyclic) bond motifs is 1. The highest BCUT2D eigenvalue weighted by Crippen LogP contribution is 2.30. The number of anilines is 1. The number of piperazine rings is 1. The van der Waals surface area contributed by atoms with Gasteiger partial charge in [0.1, 0.15) is 5.82 Å². The zero-order valence-electron chi connectivity index (χ0n) is 12.5. The van der Waals surface area contributed by atoms with Crippen molar-refractivity contribution in [3.8, 4) is 0 Å². The van der Waals surface area contributed by atoms with E-state index in [1.165, 1.54) is 6.07 Å². The van der Waals surface area contributed by atoms with Gasteiger partial charge in [-0.05, 0) is 24.6 Å². The molecule has 0 amide bonds. The minimum Gasteiger partial charge on any atom is -0.354 e. The van der Waals surface area contributed by atoms with Gasteiger partial charge in [0.25, 0.3) is 5.69 Å². The Hall–Kier alpha value is -2.47. The molecule has 6 heteroatoms. The number of hydrogen-bond acceptors (Lipinski definition) is 5. The molecule has 3 rings (SSSR count). The summed E-state index contributed by atoms with van der Waals surface area (Å²) in [6.07, 6.45) is 0. The largest absolute Gasteiger partial charge is 0.354 e. The lowest BCUT2D eigenvalue weighted by atomic mass is 10.0. The summed E-state index contributed by atoms with van der Waals surface area (Å²) in [4.78, 5) is 17.5. The predicted molar refractivity (Wildman–Crippen MR) is 88.2 cm³/mol. The van der Waals surface area contributed by atoms with Crippen molar-refractivity contribution < 1.29 is 4.92 Å². The first kappa shape index (κ1) is 14.5. The number of aromatic nitrogens is 1. The highest BCUT2D eigenvalue weighted by molar-refractivity contribution is 5.93. The van der Waals surface area contributed by atoms with Crippen LogP contribution in [0.3, 0.4) is 0 Å². The van der Waals surface area contributed by atoms with E-state index in [4.69, 9.17) is 0 Å². The molecule has 0 unspecified atom stereocenters. The Morgan fingerprint density at radius 3 is 2.73 bits per heavy atom. The molecule has 2 aromatic rings. The van der Waals surface area contributed by atoms with E-state index in [1.807, 2.05) is 13.0 Å². The SMILES string of the molecule is C=C(C)c1cc(N2CCNCC2)nc2ccc([N+](=O)[O-])cc12. The van der Waals surface area contributed by atoms with Gasteiger partial charge in [0.15, 0.2) is 0 Å². The van der Waals surface area contributed by atoms with Crippen molar-refractivity contribution in [3.63, 3.8) is 0 Å². The fourth-order valence-electron chi connectivity index (χ4n) is 2.72. The first-order valence-electron chi connectivity index (χ1n) is 7.27. The van der Waals surface area contributed by atoms with E-state index < -0.39 is 0 Å². The van der Waals surface area contributed by atoms with E-state index in [0.29, 0.717) is 0 Å². The third-order valence-corrected chi connectivity index (χ3v) is 3.89. The number of nitro groups is 1. The van der Waals surface area contributed by atoms with Crippen molar-refractivity contribution in [3.05, 3.63) is 46.5 Å². The Labute approximate surface area is 128 Å². The average Bonchev–Trinajstić information content (AvgIpc) is 2.53. The average molecular weight is 298 g/mol. The van der Waals surface area contributed by atoms with Crippen molar-refractivity contribution in [1.82, 2.24) is 10.3 Å². The van der Waals surface area contributed by atoms with Gasteiger partial charge in [-0.2, -0.15) is 0 Å². The number of allylic oxidation sites excluding steroid dienone is 1. The molecule has 6 nitrogen and oxygen atoms in total. The van der Waals surface area contributed by atoms with Crippen LogP contribution in [0.15, 0.2) is 30.8 Å². The summed E-state index contributed by atoms with van der Waals surface area (Å²) >= 11 is 0. The fraction of sp³-hybridized carbons (Fsp3) is 0.312. The van der Waals surface area contributed by atoms with E-state index >= 15 is 0 Å². The van der Waals surface area contributed by atoms with Crippen molar-refractivity contribution in [2.45, 2.75) is 6.92 Å². The monoisotopic (exact) mass is 298 g/mol. The molecule has 0 saturated carbocycles. The molecule has 1 aliphatic rings. The number of rotatable bonds is 3. The topological polar surface area (TPSA) is 71.3 Å². The van der Waals surface area contributed by atoms with E-state index in [2.05, 4.69) is 21.8 Å². The van der Waals surface area contributed by atoms with Gasteiger partial charge in [-0.3, -0.25) is 10.1 Å². The summed E-state index contributed by atoms with van der Waals surface area (Å²) in [6.45, 7) is 9.59. The first-order chi connectivity index (χ1) is 10.6. The normalized spacial score (nSPS) is 15.0. The van der Waals surface area contributed by atoms with E-state index in [-0.39, 0.29) is 10.6 Å². The number of pyridine rings is 1. The van der Waals surface area contributed by atoms with Crippen LogP contribution in [0.2, 0.25) is 0 Å². The van der Waals surface area contributed by atoms with Gasteiger partial charge in [-0.15, -0.1) is 0 Å². The van der Waals surface area contributed by atoms with E-state index in [0.717, 1.165) is 54.0 Å². The van der Waals surface area contributed by atoms with Gasteiger partial charge in [-0.25, -0.2) is 4.98 Å². The molecule has 1 aromatic carbocycles. The minimum absolute atomic E-state index is 0.0757. The molecule has 0 spiro atoms. The van der Waals surface area contributed by atoms with E-state index in [1.54, 1.807) is 12.1 Å². The van der Waals surface area contributed by atoms with Crippen molar-refractivity contribution in [2.24, 2.45) is 0 Å². The van der Waals surface area contributed by atoms with Gasteiger partial charge in [0.2, 0.25) is 0 Å². The Morgan fingerprint density at radius 2 is 2.09 bits per heavy atom. The molecular weight excluding hydrogens is 280 g/mol. The summed E-state index contributed by atoms with van der Waals surface area (Å²) in [5.41, 5.74) is 2.64. The second-order valence-corrected chi connectivity index (χ2v) is 5.50. The standard InChI is InChI=1S/C16H18N4O2/c1-11(2)13-10-16(19-7-5-17-6-8-19)18-15-4-3-12(20(21)22)9-14(13)15/h3-4,9-10,17H,1,5-8H2,2H3. The molecule has 2 heterocycles. The van der Waals surface area contributed by atoms with E-state index in [9.17, 15) is 10.1 Å². The second kappa shape index (κ2) is 5.73. The third kappa shape index (κ3) is 2.65. The predicted octanol–water partition coefficient (Wildman–Crippen LogP) is 2.59. The van der Waals surface area contributed by atoms with Crippen LogP contribution in [0.25, 0.3) is 16.5 Å². The maximum atomic E-state index is 11.0. The van der Waals surface area contributed by atoms with Crippen LogP contribution in [0.5, 0.6) is 0 Å². The molecule has 22 heavy (non-hydrogen) atoms. The minimum atomic E-state index is -0.383. The molecule has 0 radical (unpaired) electrons. The number of nitro benzene ring substituents is 1. The smallest absolute Gasteiger partial charge is 0.270 e. The highest BCUT2D eigenvalue weighted by atomic mass is 16.6. The Balaban J connectivity index is 2.15. The number of benzene rings is 1. The first-order valence-corrected chi connectivity index (χ1v) is 7.27. The van der Waals surface area contributed by atoms with Gasteiger partial charge in [-0.1, -0.05) is 12.2 Å². The molecule has 1 fully saturated rings. The molecule has 0 atom stereocenters. The zero-order valence-corrected chi connectivity index (χ0v) is 12.5. The quantitative estimate of drug-likeness (QED) is 0.696. The molecule has 1 saturated heterocycles. The van der Waals surface area contributed by atoms with Crippen LogP contribution < -0.4 is 10.2 Å². The van der Waals surface area contributed by atoms with Crippen molar-refractivity contribution >= 4 is 28.0 Å². The summed E-state index contributed by atoms with van der Waals surface area (Å²) < 4.78 is 0. The number of hydrogen-bond donors (Lipinski definition) is 1. The van der Waals surface area contributed by atoms with Gasteiger partial charge in [0, 0.05) is 43.7 Å². The highest BCUT2D eigenvalue weighted by Gasteiger charge is 2.16. The molecular formula is C16H18N4O2. The molecule has 1 aliphatic heterocycles. The fourth-order valence-corrected chi connectivity index (χ4v) is 2.72. The maximum Gasteiger partial charge on any atom is 0.270 e. The van der Waals surface area contributed by atoms with Crippen LogP contribution in [0.4, 0.5) is 11.5 Å². The number of nitrogens with one attached hydrogen (secondary N) is 1. The zero-order chi connectivity index (χ0) is 15.7. The van der Waals surface area contributed by atoms with Crippen LogP contribution in [-0.4, -0.2) is 36.1 Å². The molecule has 0 bridgehead atoms. The number of non-ortho nitro benzene ring substituents is 1. The van der Waals surface area contributed by atoms with Crippen LogP contribution >= 0.6 is 0 Å². The Morgan fingerprint density at radius 1 is 1.36 bits per heavy atom. The van der Waals surface area contributed by atoms with Crippen molar-refractivity contribution in [2.75, 3.05) is 31.1 Å². The van der Waals surface area contributed by atoms with Gasteiger partial charge in [0.05, 0.1) is 10.4 Å². The van der Waals surface area contributed by atoms with Gasteiger partial charge >= 0.3 is 0 Å². The lowest BCUT2D eigenvalue weighted by molar-refractivity contribution is -0.384. The summed E-state index contributed by atoms with van der Waals surface area (Å²) in [5, 5.41) is 15.1. The Kier molecular flexibility index (Phi) is 3.77. The lowest BCUT2D eigenvalue weighted by Gasteiger charge is -2.29. The molecule has 114 valence electrons. The van der Waals surface area contributed by atoms with Crippen LogP contribution in [0.1, 0.15) is 12.5 Å². The lowest BCUT2D eigenvalue weighted by Crippen LogP contribution is -2.43. The van der Waals surface area contributed by atoms with Crippen LogP contribution in [-0.2, 0) is 0 Å². The second-order valence-electron chi connectivity index (χ2n) is 5.50. The Bertz CT molecular complexity index is 751. The maximum absolute atomic E-state index is 11.0. The van der Waals surface area contributed by atoms with Crippen LogP contribution in [0, 0.1) is 10.1 Å². The van der Waals surface area contributed by atoms with Gasteiger partial charge < -0.3 is 10.2 Å². The molecule has 1 N–H and O–H groups in total. The molecule has 0 aliphatic carbocycles. The van der Waals surface area contributed by atoms with Crippen molar-refractivity contribution in [1.29, 1.82) is 0 Å². The third-order valence-electron chi connectivity index (χ3n) is 3.89. The summed E-state index contributed by atoms with van der Waals surface area (Å²) in [7, 11) is 0. The summed E-state index contributed by atoms with van der Waals surface area (Å²) in [5.74, 6) is 0.904. The molecule has 1 aromatic heterocycles. The number of nitrogens with zero attached hydrogens (tertiary/aromatic N) is 3. The summed E-state index contributed by atoms with van der Waals surface area (Å²) in [6, 6.07) is 6.78.